The van der Waals surface area contributed by atoms with Gasteiger partial charge in [-0.15, -0.1) is 10.2 Å². The number of carbonyl (C=O) groups excluding carboxylic acids is 1. The van der Waals surface area contributed by atoms with Crippen LogP contribution < -0.4 is 0 Å². The number of morpholine rings is 1. The third kappa shape index (κ3) is 2.45. The number of ether oxygens (including phenoxy) is 1. The van der Waals surface area contributed by atoms with Crippen LogP contribution in [0.1, 0.15) is 24.7 Å². The van der Waals surface area contributed by atoms with Gasteiger partial charge in [0.15, 0.2) is 5.82 Å². The SMILES string of the molecule is CN1CCOC(C(=O)N2CCCC2c2nn[nH]n2)C1. The van der Waals surface area contributed by atoms with Crippen molar-refractivity contribution in [1.29, 1.82) is 0 Å². The Bertz CT molecular complexity index is 436. The fourth-order valence-corrected chi connectivity index (χ4v) is 2.72. The summed E-state index contributed by atoms with van der Waals surface area (Å²) < 4.78 is 5.59. The van der Waals surface area contributed by atoms with Gasteiger partial charge < -0.3 is 14.5 Å². The lowest BCUT2D eigenvalue weighted by Gasteiger charge is -2.33. The summed E-state index contributed by atoms with van der Waals surface area (Å²) in [5, 5.41) is 14.0. The zero-order valence-electron chi connectivity index (χ0n) is 10.9. The predicted octanol–water partition coefficient (Wildman–Crippen LogP) is -0.806. The number of carbonyl (C=O) groups is 1. The van der Waals surface area contributed by atoms with Crippen LogP contribution in [0.4, 0.5) is 0 Å². The van der Waals surface area contributed by atoms with E-state index in [4.69, 9.17) is 4.74 Å². The van der Waals surface area contributed by atoms with Crippen molar-refractivity contribution in [2.24, 2.45) is 0 Å². The number of likely N-dealkylation sites (N-methyl/N-ethyl adjacent to an activating group) is 1. The summed E-state index contributed by atoms with van der Waals surface area (Å²) in [6, 6.07) is -0.0675. The van der Waals surface area contributed by atoms with Gasteiger partial charge in [0.1, 0.15) is 6.10 Å². The molecule has 8 nitrogen and oxygen atoms in total. The quantitative estimate of drug-likeness (QED) is 0.753. The van der Waals surface area contributed by atoms with Crippen LogP contribution >= 0.6 is 0 Å². The van der Waals surface area contributed by atoms with Crippen molar-refractivity contribution < 1.29 is 9.53 Å². The van der Waals surface area contributed by atoms with E-state index in [-0.39, 0.29) is 18.1 Å². The average Bonchev–Trinajstić information content (AvgIpc) is 3.08. The minimum Gasteiger partial charge on any atom is -0.366 e. The molecule has 0 bridgehead atoms. The van der Waals surface area contributed by atoms with Gasteiger partial charge >= 0.3 is 0 Å². The van der Waals surface area contributed by atoms with E-state index in [1.807, 2.05) is 11.9 Å². The molecular weight excluding hydrogens is 248 g/mol. The largest absolute Gasteiger partial charge is 0.366 e. The molecule has 0 aromatic carbocycles. The molecule has 0 radical (unpaired) electrons. The zero-order chi connectivity index (χ0) is 13.2. The average molecular weight is 266 g/mol. The fourth-order valence-electron chi connectivity index (χ4n) is 2.72. The minimum atomic E-state index is -0.369. The highest BCUT2D eigenvalue weighted by molar-refractivity contribution is 5.82. The molecule has 0 saturated carbocycles. The molecule has 2 saturated heterocycles. The first-order chi connectivity index (χ1) is 9.25. The first kappa shape index (κ1) is 12.5. The van der Waals surface area contributed by atoms with Crippen LogP contribution in [0.2, 0.25) is 0 Å². The maximum Gasteiger partial charge on any atom is 0.253 e. The van der Waals surface area contributed by atoms with Crippen molar-refractivity contribution in [3.63, 3.8) is 0 Å². The van der Waals surface area contributed by atoms with Crippen LogP contribution in [0.15, 0.2) is 0 Å². The third-order valence-corrected chi connectivity index (χ3v) is 3.74. The normalized spacial score (nSPS) is 28.8. The molecule has 8 heteroatoms. The molecule has 2 atom stereocenters. The number of aromatic nitrogens is 4. The molecule has 3 rings (SSSR count). The van der Waals surface area contributed by atoms with Crippen LogP contribution in [-0.2, 0) is 9.53 Å². The van der Waals surface area contributed by atoms with E-state index in [0.29, 0.717) is 19.0 Å². The second kappa shape index (κ2) is 5.22. The highest BCUT2D eigenvalue weighted by Crippen LogP contribution is 2.30. The second-order valence-corrected chi connectivity index (χ2v) is 5.08. The lowest BCUT2D eigenvalue weighted by atomic mass is 10.2. The number of nitrogens with one attached hydrogen (secondary N) is 1. The standard InChI is InChI=1S/C11H18N6O2/c1-16-5-6-19-9(7-16)11(18)17-4-2-3-8(17)10-12-14-15-13-10/h8-9H,2-7H2,1H3,(H,12,13,14,15). The molecule has 0 aliphatic carbocycles. The molecule has 2 aliphatic rings. The molecule has 2 unspecified atom stereocenters. The number of nitrogens with zero attached hydrogens (tertiary/aromatic N) is 5. The summed E-state index contributed by atoms with van der Waals surface area (Å²) in [5.74, 6) is 0.633. The van der Waals surface area contributed by atoms with Crippen molar-refractivity contribution in [2.75, 3.05) is 33.3 Å². The van der Waals surface area contributed by atoms with E-state index in [0.717, 1.165) is 25.9 Å². The molecule has 2 aliphatic heterocycles. The Morgan fingerprint density at radius 2 is 2.37 bits per heavy atom. The highest BCUT2D eigenvalue weighted by Gasteiger charge is 2.37. The summed E-state index contributed by atoms with van der Waals surface area (Å²) >= 11 is 0. The monoisotopic (exact) mass is 266 g/mol. The minimum absolute atomic E-state index is 0.0406. The zero-order valence-corrected chi connectivity index (χ0v) is 10.9. The van der Waals surface area contributed by atoms with Gasteiger partial charge in [0, 0.05) is 19.6 Å². The predicted molar refractivity (Wildman–Crippen MR) is 65.1 cm³/mol. The summed E-state index contributed by atoms with van der Waals surface area (Å²) in [7, 11) is 2.00. The van der Waals surface area contributed by atoms with E-state index in [1.54, 1.807) is 0 Å². The van der Waals surface area contributed by atoms with Gasteiger partial charge in [0.2, 0.25) is 0 Å². The van der Waals surface area contributed by atoms with Crippen molar-refractivity contribution in [3.05, 3.63) is 5.82 Å². The number of likely N-dealkylation sites (tertiary alicyclic amines) is 1. The van der Waals surface area contributed by atoms with Crippen molar-refractivity contribution in [3.8, 4) is 0 Å². The number of hydrogen-bond acceptors (Lipinski definition) is 6. The summed E-state index contributed by atoms with van der Waals surface area (Å²) in [6.45, 7) is 2.86. The molecule has 2 fully saturated rings. The summed E-state index contributed by atoms with van der Waals surface area (Å²) in [4.78, 5) is 16.5. The number of hydrogen-bond donors (Lipinski definition) is 1. The Kier molecular flexibility index (Phi) is 3.43. The Morgan fingerprint density at radius 3 is 3.11 bits per heavy atom. The first-order valence-corrected chi connectivity index (χ1v) is 6.59. The number of amides is 1. The second-order valence-electron chi connectivity index (χ2n) is 5.08. The van der Waals surface area contributed by atoms with Gasteiger partial charge in [-0.3, -0.25) is 4.79 Å². The molecule has 0 spiro atoms. The number of H-pyrrole nitrogens is 1. The number of rotatable bonds is 2. The van der Waals surface area contributed by atoms with Gasteiger partial charge in [-0.2, -0.15) is 5.21 Å². The van der Waals surface area contributed by atoms with E-state index >= 15 is 0 Å². The number of aromatic amines is 1. The molecule has 1 aromatic heterocycles. The first-order valence-electron chi connectivity index (χ1n) is 6.59. The van der Waals surface area contributed by atoms with E-state index in [2.05, 4.69) is 25.5 Å². The molecule has 1 aromatic rings. The molecule has 3 heterocycles. The van der Waals surface area contributed by atoms with Crippen LogP contribution in [0.3, 0.4) is 0 Å². The van der Waals surface area contributed by atoms with Crippen LogP contribution in [0, 0.1) is 0 Å². The molecular formula is C11H18N6O2. The lowest BCUT2D eigenvalue weighted by molar-refractivity contribution is -0.149. The van der Waals surface area contributed by atoms with Gasteiger partial charge in [-0.05, 0) is 19.9 Å². The van der Waals surface area contributed by atoms with E-state index in [9.17, 15) is 4.79 Å². The maximum atomic E-state index is 12.5. The lowest BCUT2D eigenvalue weighted by Crippen LogP contribution is -2.49. The Balaban J connectivity index is 1.71. The van der Waals surface area contributed by atoms with Gasteiger partial charge in [0.05, 0.1) is 12.6 Å². The third-order valence-electron chi connectivity index (χ3n) is 3.74. The van der Waals surface area contributed by atoms with E-state index < -0.39 is 0 Å². The van der Waals surface area contributed by atoms with Crippen molar-refractivity contribution >= 4 is 5.91 Å². The van der Waals surface area contributed by atoms with E-state index in [1.165, 1.54) is 0 Å². The fraction of sp³-hybridized carbons (Fsp3) is 0.818. The molecule has 1 N–H and O–H groups in total. The molecule has 19 heavy (non-hydrogen) atoms. The topological polar surface area (TPSA) is 87.2 Å². The van der Waals surface area contributed by atoms with Gasteiger partial charge in [0.25, 0.3) is 5.91 Å². The van der Waals surface area contributed by atoms with Crippen molar-refractivity contribution in [1.82, 2.24) is 30.4 Å². The van der Waals surface area contributed by atoms with Gasteiger partial charge in [-0.1, -0.05) is 5.21 Å². The van der Waals surface area contributed by atoms with Crippen molar-refractivity contribution in [2.45, 2.75) is 25.0 Å². The summed E-state index contributed by atoms with van der Waals surface area (Å²) in [5.41, 5.74) is 0. The number of tetrazole rings is 1. The maximum absolute atomic E-state index is 12.5. The molecule has 104 valence electrons. The van der Waals surface area contributed by atoms with Crippen LogP contribution in [0.5, 0.6) is 0 Å². The van der Waals surface area contributed by atoms with Gasteiger partial charge in [-0.25, -0.2) is 0 Å². The van der Waals surface area contributed by atoms with Crippen LogP contribution in [-0.4, -0.2) is 75.7 Å². The Labute approximate surface area is 111 Å². The molecule has 1 amide bonds. The summed E-state index contributed by atoms with van der Waals surface area (Å²) in [6.07, 6.45) is 1.48. The smallest absolute Gasteiger partial charge is 0.253 e. The van der Waals surface area contributed by atoms with Crippen LogP contribution in [0.25, 0.3) is 0 Å². The Hall–Kier alpha value is -1.54. The highest BCUT2D eigenvalue weighted by atomic mass is 16.5. The Morgan fingerprint density at radius 1 is 1.47 bits per heavy atom.